The van der Waals surface area contributed by atoms with Gasteiger partial charge in [0.1, 0.15) is 5.75 Å². The molecule has 0 aliphatic heterocycles. The summed E-state index contributed by atoms with van der Waals surface area (Å²) in [6.07, 6.45) is 2.20. The van der Waals surface area contributed by atoms with Gasteiger partial charge < -0.3 is 14.6 Å². The molecule has 1 saturated carbocycles. The second kappa shape index (κ2) is 4.61. The molecule has 92 valence electrons. The molecule has 17 heavy (non-hydrogen) atoms. The van der Waals surface area contributed by atoms with Crippen LogP contribution in [0.3, 0.4) is 0 Å². The van der Waals surface area contributed by atoms with E-state index in [0.717, 1.165) is 12.8 Å². The van der Waals surface area contributed by atoms with E-state index in [1.54, 1.807) is 6.07 Å². The van der Waals surface area contributed by atoms with Crippen molar-refractivity contribution in [2.45, 2.75) is 38.9 Å². The van der Waals surface area contributed by atoms with Gasteiger partial charge in [-0.3, -0.25) is 0 Å². The molecule has 1 aliphatic carbocycles. The molecule has 0 bridgehead atoms. The Morgan fingerprint density at radius 3 is 2.71 bits per heavy atom. The Labute approximate surface area is 99.4 Å². The van der Waals surface area contributed by atoms with Crippen LogP contribution in [0.4, 0.5) is 0 Å². The van der Waals surface area contributed by atoms with Gasteiger partial charge >= 0.3 is 5.97 Å². The summed E-state index contributed by atoms with van der Waals surface area (Å²) in [6.45, 7) is 3.72. The van der Waals surface area contributed by atoms with Crippen LogP contribution in [-0.4, -0.2) is 28.3 Å². The molecule has 1 aromatic rings. The SMILES string of the molecule is CC(C)Oc1cc(OC2CC2)cc(C(=O)O)n1. The van der Waals surface area contributed by atoms with E-state index < -0.39 is 5.97 Å². The molecule has 0 saturated heterocycles. The highest BCUT2D eigenvalue weighted by Gasteiger charge is 2.24. The average Bonchev–Trinajstić information content (AvgIpc) is 3.00. The van der Waals surface area contributed by atoms with Gasteiger partial charge in [0, 0.05) is 12.1 Å². The first-order valence-electron chi connectivity index (χ1n) is 5.63. The summed E-state index contributed by atoms with van der Waals surface area (Å²) in [5.74, 6) is -0.286. The lowest BCUT2D eigenvalue weighted by molar-refractivity contribution is 0.0687. The van der Waals surface area contributed by atoms with Crippen LogP contribution in [0.5, 0.6) is 11.6 Å². The first-order valence-corrected chi connectivity index (χ1v) is 5.63. The van der Waals surface area contributed by atoms with Gasteiger partial charge in [0.25, 0.3) is 0 Å². The van der Waals surface area contributed by atoms with Crippen molar-refractivity contribution in [1.82, 2.24) is 4.98 Å². The molecule has 0 atom stereocenters. The Kier molecular flexibility index (Phi) is 3.17. The summed E-state index contributed by atoms with van der Waals surface area (Å²) in [5, 5.41) is 8.94. The number of nitrogens with zero attached hydrogens (tertiary/aromatic N) is 1. The standard InChI is InChI=1S/C12H15NO4/c1-7(2)16-11-6-9(17-8-3-4-8)5-10(13-11)12(14)15/h5-8H,3-4H2,1-2H3,(H,14,15). The minimum atomic E-state index is -1.08. The summed E-state index contributed by atoms with van der Waals surface area (Å²) in [4.78, 5) is 14.8. The fourth-order valence-corrected chi connectivity index (χ4v) is 1.34. The van der Waals surface area contributed by atoms with E-state index in [1.807, 2.05) is 13.8 Å². The predicted octanol–water partition coefficient (Wildman–Crippen LogP) is 2.11. The van der Waals surface area contributed by atoms with Crippen molar-refractivity contribution < 1.29 is 19.4 Å². The van der Waals surface area contributed by atoms with E-state index in [4.69, 9.17) is 14.6 Å². The van der Waals surface area contributed by atoms with Gasteiger partial charge in [-0.05, 0) is 26.7 Å². The van der Waals surface area contributed by atoms with Gasteiger partial charge in [-0.15, -0.1) is 0 Å². The lowest BCUT2D eigenvalue weighted by atomic mass is 10.3. The lowest BCUT2D eigenvalue weighted by Gasteiger charge is -2.11. The molecule has 0 amide bonds. The molecule has 1 heterocycles. The lowest BCUT2D eigenvalue weighted by Crippen LogP contribution is -2.10. The Morgan fingerprint density at radius 2 is 2.18 bits per heavy atom. The third-order valence-electron chi connectivity index (χ3n) is 2.18. The van der Waals surface area contributed by atoms with Gasteiger partial charge in [-0.2, -0.15) is 0 Å². The molecule has 1 aromatic heterocycles. The van der Waals surface area contributed by atoms with Crippen LogP contribution in [0.2, 0.25) is 0 Å². The van der Waals surface area contributed by atoms with Crippen LogP contribution in [0.1, 0.15) is 37.2 Å². The largest absolute Gasteiger partial charge is 0.490 e. The van der Waals surface area contributed by atoms with E-state index in [9.17, 15) is 4.79 Å². The summed E-state index contributed by atoms with van der Waals surface area (Å²) in [7, 11) is 0. The van der Waals surface area contributed by atoms with Crippen molar-refractivity contribution in [2.75, 3.05) is 0 Å². The molecular weight excluding hydrogens is 222 g/mol. The Balaban J connectivity index is 2.23. The van der Waals surface area contributed by atoms with E-state index in [1.165, 1.54) is 6.07 Å². The highest BCUT2D eigenvalue weighted by molar-refractivity contribution is 5.86. The minimum Gasteiger partial charge on any atom is -0.490 e. The zero-order chi connectivity index (χ0) is 12.4. The molecule has 0 aromatic carbocycles. The van der Waals surface area contributed by atoms with Gasteiger partial charge in [-0.25, -0.2) is 9.78 Å². The Morgan fingerprint density at radius 1 is 1.47 bits per heavy atom. The maximum absolute atomic E-state index is 10.9. The topological polar surface area (TPSA) is 68.7 Å². The van der Waals surface area contributed by atoms with Crippen LogP contribution in [-0.2, 0) is 0 Å². The summed E-state index contributed by atoms with van der Waals surface area (Å²) >= 11 is 0. The quantitative estimate of drug-likeness (QED) is 0.849. The highest BCUT2D eigenvalue weighted by Crippen LogP contribution is 2.29. The molecular formula is C12H15NO4. The molecule has 1 aliphatic rings. The van der Waals surface area contributed by atoms with Crippen molar-refractivity contribution >= 4 is 5.97 Å². The maximum Gasteiger partial charge on any atom is 0.354 e. The molecule has 2 rings (SSSR count). The predicted molar refractivity (Wildman–Crippen MR) is 60.6 cm³/mol. The number of carbonyl (C=O) groups is 1. The molecule has 0 spiro atoms. The zero-order valence-corrected chi connectivity index (χ0v) is 9.84. The molecule has 0 radical (unpaired) electrons. The molecule has 5 heteroatoms. The Hall–Kier alpha value is -1.78. The number of hydrogen-bond acceptors (Lipinski definition) is 4. The molecule has 1 N–H and O–H groups in total. The molecule has 5 nitrogen and oxygen atoms in total. The third kappa shape index (κ3) is 3.34. The van der Waals surface area contributed by atoms with Crippen molar-refractivity contribution in [3.63, 3.8) is 0 Å². The van der Waals surface area contributed by atoms with Gasteiger partial charge in [0.05, 0.1) is 12.2 Å². The van der Waals surface area contributed by atoms with E-state index in [-0.39, 0.29) is 23.8 Å². The van der Waals surface area contributed by atoms with Gasteiger partial charge in [0.15, 0.2) is 5.69 Å². The van der Waals surface area contributed by atoms with E-state index >= 15 is 0 Å². The Bertz CT molecular complexity index is 404. The zero-order valence-electron chi connectivity index (χ0n) is 9.84. The second-order valence-electron chi connectivity index (χ2n) is 4.32. The van der Waals surface area contributed by atoms with E-state index in [0.29, 0.717) is 5.75 Å². The van der Waals surface area contributed by atoms with Crippen molar-refractivity contribution in [3.8, 4) is 11.6 Å². The number of carboxylic acids is 1. The number of aromatic nitrogens is 1. The average molecular weight is 237 g/mol. The normalized spacial score (nSPS) is 14.8. The summed E-state index contributed by atoms with van der Waals surface area (Å²) in [6, 6.07) is 3.05. The number of hydrogen-bond donors (Lipinski definition) is 1. The van der Waals surface area contributed by atoms with Crippen LogP contribution in [0.15, 0.2) is 12.1 Å². The fraction of sp³-hybridized carbons (Fsp3) is 0.500. The number of aromatic carboxylic acids is 1. The molecule has 0 unspecified atom stereocenters. The fourth-order valence-electron chi connectivity index (χ4n) is 1.34. The van der Waals surface area contributed by atoms with Gasteiger partial charge in [-0.1, -0.05) is 0 Å². The van der Waals surface area contributed by atoms with Gasteiger partial charge in [0.2, 0.25) is 5.88 Å². The van der Waals surface area contributed by atoms with Crippen LogP contribution >= 0.6 is 0 Å². The summed E-state index contributed by atoms with van der Waals surface area (Å²) in [5.41, 5.74) is -0.0567. The van der Waals surface area contributed by atoms with Crippen LogP contribution < -0.4 is 9.47 Å². The third-order valence-corrected chi connectivity index (χ3v) is 2.18. The first-order chi connectivity index (χ1) is 8.04. The highest BCUT2D eigenvalue weighted by atomic mass is 16.5. The maximum atomic E-state index is 10.9. The summed E-state index contributed by atoms with van der Waals surface area (Å²) < 4.78 is 10.9. The monoisotopic (exact) mass is 237 g/mol. The van der Waals surface area contributed by atoms with Crippen molar-refractivity contribution in [2.24, 2.45) is 0 Å². The van der Waals surface area contributed by atoms with Crippen molar-refractivity contribution in [1.29, 1.82) is 0 Å². The number of carboxylic acid groups (broad SMARTS) is 1. The van der Waals surface area contributed by atoms with Crippen LogP contribution in [0, 0.1) is 0 Å². The smallest absolute Gasteiger partial charge is 0.354 e. The minimum absolute atomic E-state index is 0.0553. The number of pyridine rings is 1. The number of ether oxygens (including phenoxy) is 2. The van der Waals surface area contributed by atoms with Crippen LogP contribution in [0.25, 0.3) is 0 Å². The number of rotatable bonds is 5. The van der Waals surface area contributed by atoms with Crippen molar-refractivity contribution in [3.05, 3.63) is 17.8 Å². The van der Waals surface area contributed by atoms with E-state index in [2.05, 4.69) is 4.98 Å². The molecule has 1 fully saturated rings. The first kappa shape index (κ1) is 11.7. The second-order valence-corrected chi connectivity index (χ2v) is 4.32.